The van der Waals surface area contributed by atoms with E-state index in [1.165, 1.54) is 0 Å². The highest BCUT2D eigenvalue weighted by Gasteiger charge is 2.40. The number of hydrogen-bond acceptors (Lipinski definition) is 4. The van der Waals surface area contributed by atoms with Gasteiger partial charge in [-0.2, -0.15) is 0 Å². The highest BCUT2D eigenvalue weighted by Crippen LogP contribution is 2.27. The van der Waals surface area contributed by atoms with E-state index in [2.05, 4.69) is 5.32 Å². The van der Waals surface area contributed by atoms with Crippen molar-refractivity contribution < 1.29 is 19.1 Å². The lowest BCUT2D eigenvalue weighted by atomic mass is 9.80. The molecule has 0 saturated heterocycles. The summed E-state index contributed by atoms with van der Waals surface area (Å²) in [7, 11) is 0. The van der Waals surface area contributed by atoms with Gasteiger partial charge in [0.15, 0.2) is 0 Å². The van der Waals surface area contributed by atoms with E-state index < -0.39 is 35.2 Å². The Balaban J connectivity index is 5.15. The van der Waals surface area contributed by atoms with Gasteiger partial charge in [-0.05, 0) is 18.3 Å². The van der Waals surface area contributed by atoms with Gasteiger partial charge in [0.2, 0.25) is 11.8 Å². The van der Waals surface area contributed by atoms with Crippen LogP contribution < -0.4 is 11.1 Å². The predicted octanol–water partition coefficient (Wildman–Crippen LogP) is 0.838. The van der Waals surface area contributed by atoms with E-state index in [4.69, 9.17) is 10.5 Å². The Hall–Kier alpha value is -1.59. The van der Waals surface area contributed by atoms with Crippen LogP contribution >= 0.6 is 0 Å². The molecule has 0 aliphatic rings. The molecule has 6 nitrogen and oxygen atoms in total. The fourth-order valence-electron chi connectivity index (χ4n) is 1.88. The number of carbonyl (C=O) groups excluding carboxylic acids is 3. The lowest BCUT2D eigenvalue weighted by Gasteiger charge is -2.29. The van der Waals surface area contributed by atoms with E-state index in [-0.39, 0.29) is 12.5 Å². The third kappa shape index (κ3) is 5.19. The maximum atomic E-state index is 12.3. The van der Waals surface area contributed by atoms with E-state index in [0.717, 1.165) is 0 Å². The van der Waals surface area contributed by atoms with Gasteiger partial charge in [0.1, 0.15) is 12.0 Å². The van der Waals surface area contributed by atoms with E-state index in [1.807, 2.05) is 0 Å². The van der Waals surface area contributed by atoms with E-state index in [1.54, 1.807) is 41.5 Å². The van der Waals surface area contributed by atoms with Crippen molar-refractivity contribution in [2.24, 2.45) is 23.0 Å². The van der Waals surface area contributed by atoms with Gasteiger partial charge in [-0.3, -0.25) is 14.4 Å². The summed E-state index contributed by atoms with van der Waals surface area (Å²) in [5.41, 5.74) is 4.64. The van der Waals surface area contributed by atoms with Crippen LogP contribution in [0.3, 0.4) is 0 Å². The van der Waals surface area contributed by atoms with Gasteiger partial charge in [0.25, 0.3) is 0 Å². The van der Waals surface area contributed by atoms with Crippen LogP contribution in [0.15, 0.2) is 0 Å². The fraction of sp³-hybridized carbons (Fsp3) is 0.786. The highest BCUT2D eigenvalue weighted by molar-refractivity contribution is 6.00. The monoisotopic (exact) mass is 286 g/mol. The smallest absolute Gasteiger partial charge is 0.319 e. The Morgan fingerprint density at radius 2 is 1.70 bits per heavy atom. The zero-order valence-electron chi connectivity index (χ0n) is 13.1. The third-order valence-corrected chi connectivity index (χ3v) is 2.92. The van der Waals surface area contributed by atoms with Crippen LogP contribution in [0.4, 0.5) is 0 Å². The lowest BCUT2D eigenvalue weighted by Crippen LogP contribution is -2.53. The topological polar surface area (TPSA) is 98.5 Å². The molecule has 0 saturated carbocycles. The molecule has 0 heterocycles. The average molecular weight is 286 g/mol. The van der Waals surface area contributed by atoms with Gasteiger partial charge >= 0.3 is 5.97 Å². The minimum Gasteiger partial charge on any atom is -0.465 e. The van der Waals surface area contributed by atoms with Crippen LogP contribution in [-0.4, -0.2) is 30.4 Å². The molecule has 0 fully saturated rings. The molecule has 116 valence electrons. The molecule has 2 atom stereocenters. The van der Waals surface area contributed by atoms with Crippen molar-refractivity contribution in [3.63, 3.8) is 0 Å². The molecule has 0 radical (unpaired) electrons. The summed E-state index contributed by atoms with van der Waals surface area (Å²) in [5, 5.41) is 2.55. The minimum absolute atomic E-state index is 0.153. The zero-order valence-corrected chi connectivity index (χ0v) is 13.1. The Morgan fingerprint density at radius 3 is 2.00 bits per heavy atom. The number of amides is 2. The van der Waals surface area contributed by atoms with Crippen LogP contribution in [0.25, 0.3) is 0 Å². The van der Waals surface area contributed by atoms with Crippen LogP contribution in [0.2, 0.25) is 0 Å². The SMILES string of the molecule is CCOC(=O)C(C(=O)NC(C(N)=O)C(C)C)C(C)(C)C. The molecule has 0 spiro atoms. The molecule has 0 aromatic carbocycles. The number of primary amides is 1. The molecule has 0 aromatic heterocycles. The van der Waals surface area contributed by atoms with Crippen LogP contribution in [0.5, 0.6) is 0 Å². The van der Waals surface area contributed by atoms with Gasteiger partial charge in [-0.25, -0.2) is 0 Å². The van der Waals surface area contributed by atoms with E-state index in [9.17, 15) is 14.4 Å². The van der Waals surface area contributed by atoms with Crippen molar-refractivity contribution in [2.45, 2.75) is 47.6 Å². The van der Waals surface area contributed by atoms with Crippen molar-refractivity contribution in [2.75, 3.05) is 6.61 Å². The average Bonchev–Trinajstić information content (AvgIpc) is 2.23. The summed E-state index contributed by atoms with van der Waals surface area (Å²) < 4.78 is 4.94. The van der Waals surface area contributed by atoms with E-state index in [0.29, 0.717) is 0 Å². The van der Waals surface area contributed by atoms with Crippen LogP contribution in [0.1, 0.15) is 41.5 Å². The van der Waals surface area contributed by atoms with Crippen molar-refractivity contribution in [3.8, 4) is 0 Å². The van der Waals surface area contributed by atoms with Gasteiger partial charge < -0.3 is 15.8 Å². The van der Waals surface area contributed by atoms with Gasteiger partial charge in [-0.1, -0.05) is 34.6 Å². The standard InChI is InChI=1S/C14H26N2O4/c1-7-20-13(19)9(14(4,5)6)12(18)16-10(8(2)3)11(15)17/h8-10H,7H2,1-6H3,(H2,15,17)(H,16,18). The number of nitrogens with one attached hydrogen (secondary N) is 1. The molecular weight excluding hydrogens is 260 g/mol. The first-order chi connectivity index (χ1) is 9.02. The normalized spacial score (nSPS) is 14.6. The highest BCUT2D eigenvalue weighted by atomic mass is 16.5. The summed E-state index contributed by atoms with van der Waals surface area (Å²) >= 11 is 0. The first-order valence-electron chi connectivity index (χ1n) is 6.78. The second-order valence-electron chi connectivity index (χ2n) is 6.18. The molecule has 20 heavy (non-hydrogen) atoms. The number of ether oxygens (including phenoxy) is 1. The van der Waals surface area contributed by atoms with Gasteiger partial charge in [-0.15, -0.1) is 0 Å². The first kappa shape index (κ1) is 18.4. The number of rotatable bonds is 6. The second kappa shape index (κ2) is 7.26. The molecular formula is C14H26N2O4. The molecule has 3 N–H and O–H groups in total. The van der Waals surface area contributed by atoms with Gasteiger partial charge in [0, 0.05) is 0 Å². The van der Waals surface area contributed by atoms with E-state index >= 15 is 0 Å². The summed E-state index contributed by atoms with van der Waals surface area (Å²) in [4.78, 5) is 35.6. The quantitative estimate of drug-likeness (QED) is 0.558. The molecule has 6 heteroatoms. The Labute approximate surface area is 120 Å². The number of esters is 1. The Bertz CT molecular complexity index is 372. The van der Waals surface area contributed by atoms with Crippen LogP contribution in [-0.2, 0) is 19.1 Å². The molecule has 0 rings (SSSR count). The maximum absolute atomic E-state index is 12.3. The summed E-state index contributed by atoms with van der Waals surface area (Å²) in [6.45, 7) is 10.7. The lowest BCUT2D eigenvalue weighted by molar-refractivity contribution is -0.157. The number of hydrogen-bond donors (Lipinski definition) is 2. The summed E-state index contributed by atoms with van der Waals surface area (Å²) in [5.74, 6) is -2.88. The molecule has 0 aliphatic carbocycles. The Morgan fingerprint density at radius 1 is 1.20 bits per heavy atom. The summed E-state index contributed by atoms with van der Waals surface area (Å²) in [6.07, 6.45) is 0. The zero-order chi connectivity index (χ0) is 16.1. The fourth-order valence-corrected chi connectivity index (χ4v) is 1.88. The summed E-state index contributed by atoms with van der Waals surface area (Å²) in [6, 6.07) is -0.804. The predicted molar refractivity (Wildman–Crippen MR) is 75.5 cm³/mol. The molecule has 0 bridgehead atoms. The number of carbonyl (C=O) groups is 3. The van der Waals surface area contributed by atoms with Crippen molar-refractivity contribution >= 4 is 17.8 Å². The molecule has 2 amide bonds. The third-order valence-electron chi connectivity index (χ3n) is 2.92. The molecule has 0 aromatic rings. The first-order valence-corrected chi connectivity index (χ1v) is 6.78. The van der Waals surface area contributed by atoms with Crippen LogP contribution in [0, 0.1) is 17.3 Å². The van der Waals surface area contributed by atoms with Gasteiger partial charge in [0.05, 0.1) is 6.61 Å². The van der Waals surface area contributed by atoms with Crippen molar-refractivity contribution in [1.29, 1.82) is 0 Å². The molecule has 0 aliphatic heterocycles. The second-order valence-corrected chi connectivity index (χ2v) is 6.18. The largest absolute Gasteiger partial charge is 0.465 e. The minimum atomic E-state index is -0.983. The van der Waals surface area contributed by atoms with Crippen molar-refractivity contribution in [3.05, 3.63) is 0 Å². The maximum Gasteiger partial charge on any atom is 0.319 e. The Kier molecular flexibility index (Phi) is 6.68. The van der Waals surface area contributed by atoms with Crippen molar-refractivity contribution in [1.82, 2.24) is 5.32 Å². The number of nitrogens with two attached hydrogens (primary N) is 1. The molecule has 2 unspecified atom stereocenters.